The summed E-state index contributed by atoms with van der Waals surface area (Å²) in [7, 11) is 0. The molecular formula is C12H10S. The summed E-state index contributed by atoms with van der Waals surface area (Å²) in [5.74, 6) is 0. The van der Waals surface area contributed by atoms with Crippen molar-refractivity contribution in [2.45, 2.75) is 17.1 Å². The molecule has 13 heavy (non-hydrogen) atoms. The van der Waals surface area contributed by atoms with Crippen molar-refractivity contribution in [3.05, 3.63) is 34.2 Å². The first-order chi connectivity index (χ1) is 6.34. The van der Waals surface area contributed by atoms with Crippen molar-refractivity contribution in [2.75, 3.05) is 0 Å². The highest BCUT2D eigenvalue weighted by Crippen LogP contribution is 2.28. The number of hydrogen-bond donors (Lipinski definition) is 0. The minimum atomic E-state index is 0.635. The molecule has 1 aliphatic heterocycles. The molecular weight excluding hydrogens is 176 g/mol. The standard InChI is InChI=1S/C12H10S/c1-8-7-10-6-5-9-3-2-4-11(9)12(10)13-8/h2-8H,1H3. The van der Waals surface area contributed by atoms with Gasteiger partial charge in [-0.15, -0.1) is 11.8 Å². The van der Waals surface area contributed by atoms with Crippen LogP contribution in [0.15, 0.2) is 23.1 Å². The number of hydrogen-bond acceptors (Lipinski definition) is 1. The van der Waals surface area contributed by atoms with E-state index >= 15 is 0 Å². The Bertz CT molecular complexity index is 509. The maximum absolute atomic E-state index is 2.34. The van der Waals surface area contributed by atoms with Crippen molar-refractivity contribution in [3.8, 4) is 0 Å². The largest absolute Gasteiger partial charge is 0.118 e. The van der Waals surface area contributed by atoms with E-state index in [1.54, 1.807) is 0 Å². The normalized spacial score (nSPS) is 22.1. The first-order valence-electron chi connectivity index (χ1n) is 4.54. The lowest BCUT2D eigenvalue weighted by Gasteiger charge is -2.01. The third kappa shape index (κ3) is 1.00. The molecule has 1 unspecified atom stereocenters. The van der Waals surface area contributed by atoms with E-state index < -0.39 is 0 Å². The fourth-order valence-corrected chi connectivity index (χ4v) is 3.10. The molecule has 0 saturated carbocycles. The van der Waals surface area contributed by atoms with Gasteiger partial charge >= 0.3 is 0 Å². The number of allylic oxidation sites excluding steroid dienone is 1. The number of thioether (sulfide) groups is 1. The quantitative estimate of drug-likeness (QED) is 0.595. The van der Waals surface area contributed by atoms with Crippen LogP contribution in [0, 0.1) is 0 Å². The highest BCUT2D eigenvalue weighted by molar-refractivity contribution is 8.00. The molecule has 0 saturated heterocycles. The van der Waals surface area contributed by atoms with Crippen LogP contribution in [0.25, 0.3) is 18.2 Å². The van der Waals surface area contributed by atoms with Gasteiger partial charge in [0.2, 0.25) is 0 Å². The lowest BCUT2D eigenvalue weighted by atomic mass is 10.1. The van der Waals surface area contributed by atoms with Crippen LogP contribution >= 0.6 is 11.8 Å². The third-order valence-electron chi connectivity index (χ3n) is 2.52. The molecule has 1 heteroatoms. The van der Waals surface area contributed by atoms with Crippen molar-refractivity contribution < 1.29 is 0 Å². The van der Waals surface area contributed by atoms with E-state index in [1.807, 2.05) is 11.8 Å². The number of rotatable bonds is 0. The average Bonchev–Trinajstić information content (AvgIpc) is 2.65. The second-order valence-corrected chi connectivity index (χ2v) is 4.89. The van der Waals surface area contributed by atoms with E-state index in [4.69, 9.17) is 0 Å². The summed E-state index contributed by atoms with van der Waals surface area (Å²) in [6, 6.07) is 4.44. The zero-order valence-corrected chi connectivity index (χ0v) is 8.27. The summed E-state index contributed by atoms with van der Waals surface area (Å²) in [5, 5.41) is 3.42. The second kappa shape index (κ2) is 2.52. The van der Waals surface area contributed by atoms with E-state index in [9.17, 15) is 0 Å². The fraction of sp³-hybridized carbons (Fsp3) is 0.167. The van der Waals surface area contributed by atoms with Crippen LogP contribution in [-0.2, 0) is 0 Å². The van der Waals surface area contributed by atoms with Crippen LogP contribution in [-0.4, -0.2) is 5.25 Å². The summed E-state index contributed by atoms with van der Waals surface area (Å²) in [6.45, 7) is 2.25. The number of benzene rings is 1. The Hall–Kier alpha value is -0.950. The molecule has 1 aromatic carbocycles. The molecule has 0 aromatic heterocycles. The van der Waals surface area contributed by atoms with Gasteiger partial charge < -0.3 is 0 Å². The molecule has 1 heterocycles. The van der Waals surface area contributed by atoms with Gasteiger partial charge in [0.1, 0.15) is 0 Å². The molecule has 0 fully saturated rings. The summed E-state index contributed by atoms with van der Waals surface area (Å²) >= 11 is 1.97. The van der Waals surface area contributed by atoms with Crippen LogP contribution in [0.5, 0.6) is 0 Å². The zero-order valence-electron chi connectivity index (χ0n) is 7.45. The maximum atomic E-state index is 2.34. The molecule has 1 aromatic rings. The van der Waals surface area contributed by atoms with Gasteiger partial charge in [-0.05, 0) is 22.9 Å². The van der Waals surface area contributed by atoms with Gasteiger partial charge in [-0.1, -0.05) is 36.4 Å². The highest BCUT2D eigenvalue weighted by atomic mass is 32.2. The predicted octanol–water partition coefficient (Wildman–Crippen LogP) is 1.77. The van der Waals surface area contributed by atoms with Crippen LogP contribution < -0.4 is 10.4 Å². The Morgan fingerprint density at radius 2 is 2.08 bits per heavy atom. The monoisotopic (exact) mass is 186 g/mol. The number of fused-ring (bicyclic) bond motifs is 3. The first kappa shape index (κ1) is 7.45. The minimum Gasteiger partial charge on any atom is -0.118 e. The fourth-order valence-electron chi connectivity index (χ4n) is 1.93. The van der Waals surface area contributed by atoms with Crippen molar-refractivity contribution in [1.82, 2.24) is 0 Å². The molecule has 0 spiro atoms. The molecule has 2 aliphatic rings. The van der Waals surface area contributed by atoms with Crippen LogP contribution in [0.4, 0.5) is 0 Å². The second-order valence-electron chi connectivity index (χ2n) is 3.50. The summed E-state index contributed by atoms with van der Waals surface area (Å²) in [4.78, 5) is 1.47. The van der Waals surface area contributed by atoms with Gasteiger partial charge in [0, 0.05) is 10.1 Å². The van der Waals surface area contributed by atoms with Crippen molar-refractivity contribution in [2.24, 2.45) is 0 Å². The third-order valence-corrected chi connectivity index (χ3v) is 3.72. The van der Waals surface area contributed by atoms with Crippen LogP contribution in [0.1, 0.15) is 12.5 Å². The molecule has 1 aliphatic carbocycles. The van der Waals surface area contributed by atoms with Gasteiger partial charge in [0.25, 0.3) is 0 Å². The molecule has 0 amide bonds. The van der Waals surface area contributed by atoms with Gasteiger partial charge in [-0.25, -0.2) is 0 Å². The van der Waals surface area contributed by atoms with Gasteiger partial charge in [0.15, 0.2) is 0 Å². The molecule has 3 rings (SSSR count). The Balaban J connectivity index is 2.39. The predicted molar refractivity (Wildman–Crippen MR) is 59.0 cm³/mol. The maximum Gasteiger partial charge on any atom is 0.0255 e. The van der Waals surface area contributed by atoms with E-state index in [1.165, 1.54) is 20.9 Å². The Morgan fingerprint density at radius 3 is 3.00 bits per heavy atom. The molecule has 0 bridgehead atoms. The molecule has 0 radical (unpaired) electrons. The lowest BCUT2D eigenvalue weighted by Crippen LogP contribution is -2.11. The summed E-state index contributed by atoms with van der Waals surface area (Å²) in [6.07, 6.45) is 8.87. The summed E-state index contributed by atoms with van der Waals surface area (Å²) in [5.41, 5.74) is 1.42. The minimum absolute atomic E-state index is 0.635. The van der Waals surface area contributed by atoms with Gasteiger partial charge in [-0.2, -0.15) is 0 Å². The summed E-state index contributed by atoms with van der Waals surface area (Å²) < 4.78 is 0. The highest BCUT2D eigenvalue weighted by Gasteiger charge is 2.14. The molecule has 0 nitrogen and oxygen atoms in total. The molecule has 64 valence electrons. The van der Waals surface area contributed by atoms with E-state index in [2.05, 4.69) is 43.4 Å². The van der Waals surface area contributed by atoms with Crippen molar-refractivity contribution >= 4 is 30.0 Å². The van der Waals surface area contributed by atoms with E-state index in [0.717, 1.165) is 0 Å². The SMILES string of the molecule is CC1C=c2ccc3c(c2S1)C=CC=3. The van der Waals surface area contributed by atoms with E-state index in [0.29, 0.717) is 5.25 Å². The zero-order chi connectivity index (χ0) is 8.84. The smallest absolute Gasteiger partial charge is 0.0255 e. The Morgan fingerprint density at radius 1 is 1.23 bits per heavy atom. The Labute approximate surface area is 81.7 Å². The van der Waals surface area contributed by atoms with Gasteiger partial charge in [-0.3, -0.25) is 0 Å². The van der Waals surface area contributed by atoms with Gasteiger partial charge in [0.05, 0.1) is 0 Å². The Kier molecular flexibility index (Phi) is 1.44. The van der Waals surface area contributed by atoms with E-state index in [-0.39, 0.29) is 0 Å². The molecule has 1 atom stereocenters. The van der Waals surface area contributed by atoms with Crippen LogP contribution in [0.3, 0.4) is 0 Å². The van der Waals surface area contributed by atoms with Crippen molar-refractivity contribution in [3.63, 3.8) is 0 Å². The van der Waals surface area contributed by atoms with Crippen LogP contribution in [0.2, 0.25) is 0 Å². The lowest BCUT2D eigenvalue weighted by molar-refractivity contribution is 1.33. The average molecular weight is 186 g/mol. The first-order valence-corrected chi connectivity index (χ1v) is 5.42. The molecule has 0 N–H and O–H groups in total. The van der Waals surface area contributed by atoms with Crippen molar-refractivity contribution in [1.29, 1.82) is 0 Å². The topological polar surface area (TPSA) is 0 Å².